The predicted molar refractivity (Wildman–Crippen MR) is 329 cm³/mol. The molecule has 0 radical (unpaired) electrons. The number of rotatable bonds is 22. The summed E-state index contributed by atoms with van der Waals surface area (Å²) in [6.45, 7) is 9.28. The number of ether oxygens (including phenoxy) is 5. The topological polar surface area (TPSA) is 222 Å². The Bertz CT molecular complexity index is 3830. The van der Waals surface area contributed by atoms with Gasteiger partial charge in [0.2, 0.25) is 0 Å². The van der Waals surface area contributed by atoms with Crippen LogP contribution in [0.5, 0.6) is 11.5 Å². The summed E-state index contributed by atoms with van der Waals surface area (Å²) in [7, 11) is -4.39. The van der Waals surface area contributed by atoms with Gasteiger partial charge in [0, 0.05) is 31.4 Å². The molecule has 9 aromatic rings. The molecule has 0 bridgehead atoms. The lowest BCUT2D eigenvalue weighted by molar-refractivity contribution is -0.0933. The highest BCUT2D eigenvalue weighted by Crippen LogP contribution is 2.51. The molecule has 5 heterocycles. The number of anilines is 1. The Kier molecular flexibility index (Phi) is 17.5. The first kappa shape index (κ1) is 59.8. The van der Waals surface area contributed by atoms with Crippen LogP contribution in [0.25, 0.3) is 11.2 Å². The summed E-state index contributed by atoms with van der Waals surface area (Å²) in [6.07, 6.45) is -3.36. The van der Waals surface area contributed by atoms with Gasteiger partial charge in [-0.1, -0.05) is 166 Å². The lowest BCUT2D eigenvalue weighted by atomic mass is 9.80. The van der Waals surface area contributed by atoms with Gasteiger partial charge in [0.15, 0.2) is 23.2 Å². The van der Waals surface area contributed by atoms with Crippen LogP contribution >= 0.6 is 7.60 Å². The van der Waals surface area contributed by atoms with E-state index in [-0.39, 0.29) is 19.6 Å². The average molecular weight is 1200 g/mol. The van der Waals surface area contributed by atoms with E-state index in [2.05, 4.69) is 65.3 Å². The summed E-state index contributed by atoms with van der Waals surface area (Å²) in [5.41, 5.74) is 1.85. The zero-order valence-corrected chi connectivity index (χ0v) is 50.8. The molecule has 3 aromatic heterocycles. The van der Waals surface area contributed by atoms with E-state index in [1.54, 1.807) is 25.7 Å². The van der Waals surface area contributed by atoms with E-state index in [9.17, 15) is 14.7 Å². The van der Waals surface area contributed by atoms with Gasteiger partial charge in [-0.15, -0.1) is 0 Å². The number of nitrogens with zero attached hydrogens (tertiary/aromatic N) is 5. The van der Waals surface area contributed by atoms with Crippen LogP contribution < -0.4 is 36.4 Å². The quantitative estimate of drug-likeness (QED) is 0.0327. The van der Waals surface area contributed by atoms with Gasteiger partial charge in [-0.25, -0.2) is 19.7 Å². The standard InChI is InChI=1S/C65H70N7O12PSi/c1-43-38-71(63(75)70-61(43)74)55-36-52(84-86(64(2,3)4,50-24-16-10-17-25-50)51-26-18-11-19-27-51)53(81-55)40-80-85(7,76)83-58-54(82-62(57(58)73)72-42-69-56-59(67-41-68-60(56)72)66-37-44-20-12-8-13-21-44)39-79-65(45-22-14-9-15-23-45,46-28-32-48(77-5)33-29-46)47-30-34-49(78-6)35-31-47/h8-35,38,41-42,52-55,57-58,62,73H,36-37,39-40H2,1-7H3,(H,66,67,68)(H,70,74,75)/t52-,53+,54+,55+,57+,58+,62+,85?/m0/s1. The van der Waals surface area contributed by atoms with Crippen molar-refractivity contribution in [1.29, 1.82) is 0 Å². The number of fused-ring (bicyclic) bond motifs is 1. The molecule has 0 saturated carbocycles. The van der Waals surface area contributed by atoms with Crippen LogP contribution in [-0.4, -0.2) is 107 Å². The van der Waals surface area contributed by atoms with Crippen LogP contribution in [0.1, 0.15) is 67.5 Å². The molecule has 3 N–H and O–H groups in total. The van der Waals surface area contributed by atoms with E-state index in [1.807, 2.05) is 146 Å². The summed E-state index contributed by atoms with van der Waals surface area (Å²) < 4.78 is 71.4. The summed E-state index contributed by atoms with van der Waals surface area (Å²) in [4.78, 5) is 42.5. The predicted octanol–water partition coefficient (Wildman–Crippen LogP) is 9.04. The van der Waals surface area contributed by atoms with E-state index < -0.39 is 80.8 Å². The second-order valence-corrected chi connectivity index (χ2v) is 28.8. The van der Waals surface area contributed by atoms with Crippen molar-refractivity contribution in [2.75, 3.05) is 39.4 Å². The number of H-pyrrole nitrogens is 1. The maximum absolute atomic E-state index is 15.4. The molecule has 19 nitrogen and oxygen atoms in total. The van der Waals surface area contributed by atoms with Crippen molar-refractivity contribution in [2.24, 2.45) is 0 Å². The highest BCUT2D eigenvalue weighted by Gasteiger charge is 2.55. The summed E-state index contributed by atoms with van der Waals surface area (Å²) in [6, 6.07) is 55.0. The van der Waals surface area contributed by atoms with Crippen molar-refractivity contribution in [3.63, 3.8) is 0 Å². The fourth-order valence-corrected chi connectivity index (χ4v) is 17.7. The van der Waals surface area contributed by atoms with Crippen LogP contribution in [0.2, 0.25) is 5.04 Å². The third-order valence-electron chi connectivity index (χ3n) is 16.1. The van der Waals surface area contributed by atoms with Gasteiger partial charge >= 0.3 is 13.3 Å². The molecule has 6 aromatic carbocycles. The smallest absolute Gasteiger partial charge is 0.330 e. The monoisotopic (exact) mass is 1200 g/mol. The highest BCUT2D eigenvalue weighted by molar-refractivity contribution is 7.53. The first-order valence-corrected chi connectivity index (χ1v) is 32.4. The Labute approximate surface area is 499 Å². The van der Waals surface area contributed by atoms with Crippen molar-refractivity contribution in [2.45, 2.75) is 94.3 Å². The minimum atomic E-state index is -4.29. The molecule has 0 amide bonds. The van der Waals surface area contributed by atoms with Crippen molar-refractivity contribution in [3.05, 3.63) is 237 Å². The lowest BCUT2D eigenvalue weighted by Crippen LogP contribution is -2.68. The van der Waals surface area contributed by atoms with E-state index in [1.165, 1.54) is 30.1 Å². The molecule has 1 unspecified atom stereocenters. The SMILES string of the molecule is COc1ccc(C(OC[C@H]2O[C@@H](n3cnc4c(NCc5ccccc5)ncnc43)[C@H](O)[C@@H]2OP(C)(=O)OC[C@H]2O[C@@H](n3cc(C)c(=O)[nH]c3=O)C[C@@H]2O[Si](c2ccccc2)(c2ccccc2)C(C)(C)C)(c2ccccc2)c2ccc(OC)cc2)cc1. The summed E-state index contributed by atoms with van der Waals surface area (Å²) in [5.74, 6) is 1.74. The molecule has 0 aliphatic carbocycles. The van der Waals surface area contributed by atoms with E-state index >= 15 is 4.57 Å². The van der Waals surface area contributed by atoms with Crippen molar-refractivity contribution < 1.29 is 46.8 Å². The maximum Gasteiger partial charge on any atom is 0.330 e. The first-order valence-electron chi connectivity index (χ1n) is 28.5. The molecule has 2 saturated heterocycles. The molecule has 21 heteroatoms. The number of benzene rings is 6. The van der Waals surface area contributed by atoms with Crippen LogP contribution in [0, 0.1) is 6.92 Å². The lowest BCUT2D eigenvalue weighted by Gasteiger charge is -2.45. The summed E-state index contributed by atoms with van der Waals surface area (Å²) in [5, 5.41) is 17.7. The third-order valence-corrected chi connectivity index (χ3v) is 22.4. The Balaban J connectivity index is 0.953. The number of imidazole rings is 1. The highest BCUT2D eigenvalue weighted by atomic mass is 31.2. The number of aryl methyl sites for hydroxylation is 1. The van der Waals surface area contributed by atoms with E-state index in [0.29, 0.717) is 40.6 Å². The molecule has 8 atom stereocenters. The van der Waals surface area contributed by atoms with Gasteiger partial charge in [-0.2, -0.15) is 0 Å². The molecule has 2 aliphatic rings. The van der Waals surface area contributed by atoms with Crippen LogP contribution in [0.15, 0.2) is 198 Å². The van der Waals surface area contributed by atoms with Crippen LogP contribution in [0.4, 0.5) is 5.82 Å². The molecule has 86 heavy (non-hydrogen) atoms. The number of aliphatic hydroxyl groups is 1. The Morgan fingerprint density at radius 2 is 1.29 bits per heavy atom. The number of aromatic amines is 1. The Morgan fingerprint density at radius 3 is 1.87 bits per heavy atom. The van der Waals surface area contributed by atoms with E-state index in [0.717, 1.165) is 32.6 Å². The fourth-order valence-electron chi connectivity index (χ4n) is 11.8. The fraction of sp³-hybridized carbons (Fsp3) is 0.308. The molecule has 11 rings (SSSR count). The van der Waals surface area contributed by atoms with Gasteiger partial charge < -0.3 is 43.1 Å². The number of aromatic nitrogens is 6. The van der Waals surface area contributed by atoms with Gasteiger partial charge in [-0.3, -0.25) is 28.0 Å². The largest absolute Gasteiger partial charge is 0.497 e. The summed E-state index contributed by atoms with van der Waals surface area (Å²) >= 11 is 0. The minimum Gasteiger partial charge on any atom is -0.497 e. The van der Waals surface area contributed by atoms with Gasteiger partial charge in [0.1, 0.15) is 54.1 Å². The maximum atomic E-state index is 15.4. The second-order valence-electron chi connectivity index (χ2n) is 22.6. The van der Waals surface area contributed by atoms with Crippen LogP contribution in [0.3, 0.4) is 0 Å². The number of aliphatic hydroxyl groups excluding tert-OH is 1. The normalized spacial score (nSPS) is 20.6. The third kappa shape index (κ3) is 12.0. The minimum absolute atomic E-state index is 0.159. The number of hydrogen-bond donors (Lipinski definition) is 3. The molecular weight excluding hydrogens is 1130 g/mol. The van der Waals surface area contributed by atoms with Crippen molar-refractivity contribution in [1.82, 2.24) is 29.1 Å². The number of hydrogen-bond acceptors (Lipinski definition) is 16. The zero-order chi connectivity index (χ0) is 60.2. The van der Waals surface area contributed by atoms with Crippen molar-refractivity contribution in [3.8, 4) is 11.5 Å². The van der Waals surface area contributed by atoms with E-state index in [4.69, 9.17) is 42.1 Å². The molecule has 2 fully saturated rings. The first-order chi connectivity index (χ1) is 41.5. The molecule has 0 spiro atoms. The number of methoxy groups -OCH3 is 2. The van der Waals surface area contributed by atoms with Crippen molar-refractivity contribution >= 4 is 43.3 Å². The Morgan fingerprint density at radius 1 is 0.721 bits per heavy atom. The van der Waals surface area contributed by atoms with Crippen LogP contribution in [-0.2, 0) is 44.4 Å². The average Bonchev–Trinajstić information content (AvgIpc) is 1.77. The van der Waals surface area contributed by atoms with Gasteiger partial charge in [0.25, 0.3) is 13.9 Å². The number of nitrogens with one attached hydrogen (secondary N) is 2. The Hall–Kier alpha value is -7.88. The van der Waals surface area contributed by atoms with Gasteiger partial charge in [0.05, 0.1) is 39.9 Å². The molecular formula is C65H70N7O12PSi. The molecule has 2 aliphatic heterocycles. The van der Waals surface area contributed by atoms with Gasteiger partial charge in [-0.05, 0) is 68.9 Å². The molecule has 446 valence electrons. The zero-order valence-electron chi connectivity index (χ0n) is 48.9. The second kappa shape index (κ2) is 25.2.